The van der Waals surface area contributed by atoms with Crippen LogP contribution in [0.15, 0.2) is 16.8 Å². The summed E-state index contributed by atoms with van der Waals surface area (Å²) in [6.07, 6.45) is 1.44. The van der Waals surface area contributed by atoms with Crippen molar-refractivity contribution in [3.05, 3.63) is 28.2 Å². The first kappa shape index (κ1) is 11.3. The summed E-state index contributed by atoms with van der Waals surface area (Å²) in [6, 6.07) is 1.54. The molecule has 0 aliphatic carbocycles. The number of rotatable bonds is 3. The lowest BCUT2D eigenvalue weighted by Gasteiger charge is -1.97. The second kappa shape index (κ2) is 4.75. The van der Waals surface area contributed by atoms with Gasteiger partial charge in [-0.05, 0) is 6.07 Å². The smallest absolute Gasteiger partial charge is 0.255 e. The van der Waals surface area contributed by atoms with Gasteiger partial charge in [0.15, 0.2) is 0 Å². The molecule has 2 rings (SSSR count). The number of hydrogen-bond acceptors (Lipinski definition) is 6. The van der Waals surface area contributed by atoms with Gasteiger partial charge in [-0.25, -0.2) is 10.9 Å². The van der Waals surface area contributed by atoms with E-state index in [0.717, 1.165) is 0 Å². The van der Waals surface area contributed by atoms with Crippen LogP contribution < -0.4 is 5.90 Å². The topological polar surface area (TPSA) is 87.1 Å². The van der Waals surface area contributed by atoms with E-state index in [-0.39, 0.29) is 18.3 Å². The van der Waals surface area contributed by atoms with E-state index in [0.29, 0.717) is 15.7 Å². The molecule has 0 fully saturated rings. The third kappa shape index (κ3) is 2.30. The lowest BCUT2D eigenvalue weighted by Crippen LogP contribution is -1.98. The maximum absolute atomic E-state index is 5.93. The average molecular weight is 261 g/mol. The van der Waals surface area contributed by atoms with Crippen LogP contribution >= 0.6 is 23.2 Å². The van der Waals surface area contributed by atoms with E-state index < -0.39 is 0 Å². The molecule has 8 heteroatoms. The van der Waals surface area contributed by atoms with Crippen molar-refractivity contribution in [2.24, 2.45) is 5.90 Å². The molecule has 2 N–H and O–H groups in total. The van der Waals surface area contributed by atoms with Gasteiger partial charge < -0.3 is 4.52 Å². The van der Waals surface area contributed by atoms with Crippen LogP contribution in [0.2, 0.25) is 10.0 Å². The van der Waals surface area contributed by atoms with Gasteiger partial charge in [0.25, 0.3) is 5.89 Å². The quantitative estimate of drug-likeness (QED) is 0.848. The Bertz CT molecular complexity index is 503. The van der Waals surface area contributed by atoms with Crippen molar-refractivity contribution >= 4 is 23.2 Å². The summed E-state index contributed by atoms with van der Waals surface area (Å²) in [7, 11) is 0. The molecular weight excluding hydrogens is 255 g/mol. The van der Waals surface area contributed by atoms with Crippen molar-refractivity contribution in [1.29, 1.82) is 0 Å². The van der Waals surface area contributed by atoms with Gasteiger partial charge in [-0.2, -0.15) is 4.98 Å². The Morgan fingerprint density at radius 2 is 2.25 bits per heavy atom. The third-order valence-electron chi connectivity index (χ3n) is 1.69. The minimum Gasteiger partial charge on any atom is -0.336 e. The van der Waals surface area contributed by atoms with E-state index in [2.05, 4.69) is 20.0 Å². The highest BCUT2D eigenvalue weighted by Crippen LogP contribution is 2.25. The Balaban J connectivity index is 2.35. The molecule has 0 aromatic carbocycles. The molecule has 2 aromatic rings. The number of nitrogens with two attached hydrogens (primary N) is 1. The lowest BCUT2D eigenvalue weighted by atomic mass is 10.3. The van der Waals surface area contributed by atoms with Crippen LogP contribution in [0, 0.1) is 0 Å². The Kier molecular flexibility index (Phi) is 3.35. The van der Waals surface area contributed by atoms with Crippen molar-refractivity contribution in [1.82, 2.24) is 15.1 Å². The van der Waals surface area contributed by atoms with Crippen molar-refractivity contribution in [2.45, 2.75) is 6.61 Å². The van der Waals surface area contributed by atoms with Crippen LogP contribution in [-0.4, -0.2) is 15.1 Å². The number of pyridine rings is 1. The number of nitrogens with zero attached hydrogens (tertiary/aromatic N) is 3. The van der Waals surface area contributed by atoms with E-state index in [4.69, 9.17) is 33.6 Å². The summed E-state index contributed by atoms with van der Waals surface area (Å²) in [5, 5.41) is 4.46. The molecule has 84 valence electrons. The monoisotopic (exact) mass is 260 g/mol. The summed E-state index contributed by atoms with van der Waals surface area (Å²) in [5.74, 6) is 5.37. The van der Waals surface area contributed by atoms with Crippen LogP contribution in [0.4, 0.5) is 0 Å². The molecule has 0 amide bonds. The fourth-order valence-corrected chi connectivity index (χ4v) is 1.52. The van der Waals surface area contributed by atoms with E-state index in [1.165, 1.54) is 6.20 Å². The second-order valence-corrected chi connectivity index (χ2v) is 3.65. The molecule has 0 bridgehead atoms. The lowest BCUT2D eigenvalue weighted by molar-refractivity contribution is 0.0996. The van der Waals surface area contributed by atoms with Crippen LogP contribution in [0.1, 0.15) is 5.89 Å². The van der Waals surface area contributed by atoms with Crippen molar-refractivity contribution < 1.29 is 9.36 Å². The fraction of sp³-hybridized carbons (Fsp3) is 0.125. The fourth-order valence-electron chi connectivity index (χ4n) is 1.06. The molecule has 2 aromatic heterocycles. The number of aromatic nitrogens is 3. The number of hydrogen-bond donors (Lipinski definition) is 1. The summed E-state index contributed by atoms with van der Waals surface area (Å²) in [4.78, 5) is 12.3. The van der Waals surface area contributed by atoms with Gasteiger partial charge in [-0.15, -0.1) is 0 Å². The Labute approximate surface area is 100 Å². The van der Waals surface area contributed by atoms with Crippen molar-refractivity contribution in [3.63, 3.8) is 0 Å². The second-order valence-electron chi connectivity index (χ2n) is 2.81. The zero-order valence-corrected chi connectivity index (χ0v) is 9.37. The van der Waals surface area contributed by atoms with Gasteiger partial charge in [0.05, 0.1) is 10.0 Å². The molecule has 0 aliphatic rings. The highest BCUT2D eigenvalue weighted by atomic mass is 35.5. The molecule has 0 atom stereocenters. The van der Waals surface area contributed by atoms with Gasteiger partial charge in [-0.3, -0.25) is 4.84 Å². The molecule has 16 heavy (non-hydrogen) atoms. The van der Waals surface area contributed by atoms with Gasteiger partial charge in [0, 0.05) is 6.20 Å². The van der Waals surface area contributed by atoms with Crippen LogP contribution in [0.3, 0.4) is 0 Å². The maximum atomic E-state index is 5.93. The van der Waals surface area contributed by atoms with Crippen molar-refractivity contribution in [2.75, 3.05) is 0 Å². The van der Waals surface area contributed by atoms with Gasteiger partial charge in [0.1, 0.15) is 12.3 Å². The first-order chi connectivity index (χ1) is 7.70. The molecule has 0 aliphatic heterocycles. The highest BCUT2D eigenvalue weighted by molar-refractivity contribution is 6.35. The summed E-state index contributed by atoms with van der Waals surface area (Å²) < 4.78 is 4.85. The van der Waals surface area contributed by atoms with E-state index in [9.17, 15) is 0 Å². The zero-order valence-electron chi connectivity index (χ0n) is 7.85. The standard InChI is InChI=1S/C8H6Cl2N4O2/c9-4-1-5(10)7(12-2-4)8-13-6(3-15-11)16-14-8/h1-2H,3,11H2. The van der Waals surface area contributed by atoms with Crippen LogP contribution in [0.25, 0.3) is 11.5 Å². The van der Waals surface area contributed by atoms with E-state index >= 15 is 0 Å². The maximum Gasteiger partial charge on any atom is 0.255 e. The molecule has 0 saturated heterocycles. The summed E-state index contributed by atoms with van der Waals surface area (Å²) >= 11 is 11.6. The molecule has 0 unspecified atom stereocenters. The Morgan fingerprint density at radius 1 is 1.44 bits per heavy atom. The van der Waals surface area contributed by atoms with Gasteiger partial charge in [0.2, 0.25) is 5.82 Å². The summed E-state index contributed by atoms with van der Waals surface area (Å²) in [5.41, 5.74) is 0.387. The molecule has 0 radical (unpaired) electrons. The third-order valence-corrected chi connectivity index (χ3v) is 2.19. The normalized spacial score (nSPS) is 10.7. The first-order valence-electron chi connectivity index (χ1n) is 4.16. The molecule has 2 heterocycles. The van der Waals surface area contributed by atoms with E-state index in [1.54, 1.807) is 6.07 Å². The largest absolute Gasteiger partial charge is 0.336 e. The zero-order chi connectivity index (χ0) is 11.5. The number of halogens is 2. The molecule has 0 spiro atoms. The van der Waals surface area contributed by atoms with Gasteiger partial charge >= 0.3 is 0 Å². The summed E-state index contributed by atoms with van der Waals surface area (Å²) in [6.45, 7) is 0.0260. The molecule has 6 nitrogen and oxygen atoms in total. The van der Waals surface area contributed by atoms with Crippen LogP contribution in [-0.2, 0) is 11.4 Å². The Morgan fingerprint density at radius 3 is 2.94 bits per heavy atom. The van der Waals surface area contributed by atoms with E-state index in [1.807, 2.05) is 0 Å². The predicted molar refractivity (Wildman–Crippen MR) is 56.5 cm³/mol. The van der Waals surface area contributed by atoms with Gasteiger partial charge in [-0.1, -0.05) is 28.4 Å². The minimum atomic E-state index is 0.0260. The predicted octanol–water partition coefficient (Wildman–Crippen LogP) is 1.83. The van der Waals surface area contributed by atoms with Crippen molar-refractivity contribution in [3.8, 4) is 11.5 Å². The SMILES string of the molecule is NOCc1nc(-c2ncc(Cl)cc2Cl)no1. The molecule has 0 saturated carbocycles. The highest BCUT2D eigenvalue weighted by Gasteiger charge is 2.13. The Hall–Kier alpha value is -1.21. The molecular formula is C8H6Cl2N4O2. The average Bonchev–Trinajstić information content (AvgIpc) is 2.67. The van der Waals surface area contributed by atoms with Crippen LogP contribution in [0.5, 0.6) is 0 Å². The first-order valence-corrected chi connectivity index (χ1v) is 4.92. The minimum absolute atomic E-state index is 0.0260.